The number of nitrogens with zero attached hydrogens (tertiary/aromatic N) is 3. The number of likely N-dealkylation sites (tertiary alicyclic amines) is 1. The fourth-order valence-electron chi connectivity index (χ4n) is 4.83. The summed E-state index contributed by atoms with van der Waals surface area (Å²) in [6.45, 7) is 2.55. The first-order valence-corrected chi connectivity index (χ1v) is 12.6. The SMILES string of the molecule is COc1ccc2nccc(C(O)CC[C@@H]3CCN(CCSc4ncco4)C[C@@H]3CC(=O)O)c2c1. The first-order valence-electron chi connectivity index (χ1n) is 11.6. The van der Waals surface area contributed by atoms with Gasteiger partial charge in [-0.1, -0.05) is 11.8 Å². The minimum atomic E-state index is -0.765. The molecule has 0 spiro atoms. The number of thioether (sulfide) groups is 1. The molecule has 1 aliphatic rings. The van der Waals surface area contributed by atoms with E-state index in [1.165, 1.54) is 0 Å². The summed E-state index contributed by atoms with van der Waals surface area (Å²) in [5.74, 6) is 1.15. The van der Waals surface area contributed by atoms with Crippen LogP contribution in [0.2, 0.25) is 0 Å². The van der Waals surface area contributed by atoms with Gasteiger partial charge in [0.05, 0.1) is 24.9 Å². The van der Waals surface area contributed by atoms with Crippen LogP contribution in [0.5, 0.6) is 5.75 Å². The Bertz CT molecular complexity index is 1080. The van der Waals surface area contributed by atoms with E-state index in [0.29, 0.717) is 11.6 Å². The summed E-state index contributed by atoms with van der Waals surface area (Å²) in [5, 5.41) is 22.1. The van der Waals surface area contributed by atoms with E-state index in [1.54, 1.807) is 37.5 Å². The van der Waals surface area contributed by atoms with Crippen LogP contribution in [0.3, 0.4) is 0 Å². The topological polar surface area (TPSA) is 109 Å². The standard InChI is InChI=1S/C25H31N3O5S/c1-32-19-3-4-22-21(15-19)20(6-8-26-22)23(29)5-2-17-7-10-28(16-18(17)14-24(30)31)11-13-34-25-27-9-12-33-25/h3-4,6,8-9,12,15,17-18,23,29H,2,5,7,10-11,13-14,16H2,1H3,(H,30,31)/t17-,18+,23?/m1/s1. The highest BCUT2D eigenvalue weighted by atomic mass is 32.2. The van der Waals surface area contributed by atoms with Crippen LogP contribution in [0, 0.1) is 11.8 Å². The Labute approximate surface area is 203 Å². The summed E-state index contributed by atoms with van der Waals surface area (Å²) in [6, 6.07) is 7.51. The number of aliphatic hydroxyl groups excluding tert-OH is 1. The molecule has 3 heterocycles. The molecule has 34 heavy (non-hydrogen) atoms. The van der Waals surface area contributed by atoms with Crippen molar-refractivity contribution in [3.05, 3.63) is 48.5 Å². The first kappa shape index (κ1) is 24.5. The van der Waals surface area contributed by atoms with Crippen LogP contribution in [0.4, 0.5) is 0 Å². The molecule has 2 N–H and O–H groups in total. The van der Waals surface area contributed by atoms with Gasteiger partial charge < -0.3 is 24.3 Å². The predicted octanol–water partition coefficient (Wildman–Crippen LogP) is 4.25. The molecule has 4 rings (SSSR count). The maximum absolute atomic E-state index is 11.5. The van der Waals surface area contributed by atoms with Gasteiger partial charge in [-0.15, -0.1) is 0 Å². The lowest BCUT2D eigenvalue weighted by molar-refractivity contribution is -0.139. The third-order valence-electron chi connectivity index (χ3n) is 6.61. The molecule has 182 valence electrons. The molecule has 9 heteroatoms. The molecule has 1 saturated heterocycles. The second-order valence-electron chi connectivity index (χ2n) is 8.73. The molecule has 8 nitrogen and oxygen atoms in total. The molecular formula is C25H31N3O5S. The number of hydrogen-bond donors (Lipinski definition) is 2. The number of ether oxygens (including phenoxy) is 1. The van der Waals surface area contributed by atoms with Gasteiger partial charge in [0.2, 0.25) is 0 Å². The van der Waals surface area contributed by atoms with Gasteiger partial charge in [-0.25, -0.2) is 4.98 Å². The molecule has 2 aromatic heterocycles. The Kier molecular flexibility index (Phi) is 8.42. The van der Waals surface area contributed by atoms with Crippen LogP contribution >= 0.6 is 11.8 Å². The molecule has 1 fully saturated rings. The number of carboxylic acids is 1. The Morgan fingerprint density at radius 1 is 1.29 bits per heavy atom. The van der Waals surface area contributed by atoms with Crippen molar-refractivity contribution in [2.45, 2.75) is 37.0 Å². The average molecular weight is 486 g/mol. The molecule has 0 aliphatic carbocycles. The van der Waals surface area contributed by atoms with Gasteiger partial charge in [0.15, 0.2) is 0 Å². The first-order chi connectivity index (χ1) is 16.5. The van der Waals surface area contributed by atoms with Crippen LogP contribution in [0.15, 0.2) is 52.6 Å². The second kappa shape index (κ2) is 11.7. The number of benzene rings is 1. The Morgan fingerprint density at radius 2 is 2.18 bits per heavy atom. The zero-order chi connectivity index (χ0) is 23.9. The van der Waals surface area contributed by atoms with E-state index >= 15 is 0 Å². The summed E-state index contributed by atoms with van der Waals surface area (Å²) in [4.78, 5) is 22.4. The van der Waals surface area contributed by atoms with E-state index in [2.05, 4.69) is 14.9 Å². The number of carbonyl (C=O) groups is 1. The minimum Gasteiger partial charge on any atom is -0.497 e. The van der Waals surface area contributed by atoms with Crippen LogP contribution in [-0.2, 0) is 4.79 Å². The van der Waals surface area contributed by atoms with Crippen LogP contribution < -0.4 is 4.74 Å². The predicted molar refractivity (Wildman–Crippen MR) is 130 cm³/mol. The maximum Gasteiger partial charge on any atom is 0.303 e. The summed E-state index contributed by atoms with van der Waals surface area (Å²) in [5.41, 5.74) is 1.65. The molecule has 1 aromatic carbocycles. The molecule has 3 atom stereocenters. The molecule has 0 bridgehead atoms. The van der Waals surface area contributed by atoms with Crippen molar-refractivity contribution in [1.29, 1.82) is 0 Å². The van der Waals surface area contributed by atoms with Gasteiger partial charge in [-0.05, 0) is 67.5 Å². The normalized spacial score (nSPS) is 19.8. The number of hydrogen-bond acceptors (Lipinski definition) is 8. The van der Waals surface area contributed by atoms with Gasteiger partial charge in [0.1, 0.15) is 12.0 Å². The van der Waals surface area contributed by atoms with Crippen molar-refractivity contribution in [2.24, 2.45) is 11.8 Å². The van der Waals surface area contributed by atoms with Gasteiger partial charge in [0, 0.05) is 36.8 Å². The van der Waals surface area contributed by atoms with Crippen molar-refractivity contribution >= 4 is 28.6 Å². The number of piperidine rings is 1. The summed E-state index contributed by atoms with van der Waals surface area (Å²) >= 11 is 1.57. The van der Waals surface area contributed by atoms with E-state index in [4.69, 9.17) is 9.15 Å². The Morgan fingerprint density at radius 3 is 2.94 bits per heavy atom. The zero-order valence-electron chi connectivity index (χ0n) is 19.3. The summed E-state index contributed by atoms with van der Waals surface area (Å²) < 4.78 is 10.6. The van der Waals surface area contributed by atoms with E-state index in [9.17, 15) is 15.0 Å². The number of aromatic nitrogens is 2. The lowest BCUT2D eigenvalue weighted by Gasteiger charge is -2.38. The van der Waals surface area contributed by atoms with E-state index in [1.807, 2.05) is 24.3 Å². The third-order valence-corrected chi connectivity index (χ3v) is 7.44. The van der Waals surface area contributed by atoms with Gasteiger partial charge in [-0.2, -0.15) is 0 Å². The van der Waals surface area contributed by atoms with Crippen molar-refractivity contribution < 1.29 is 24.2 Å². The fraction of sp³-hybridized carbons (Fsp3) is 0.480. The van der Waals surface area contributed by atoms with Gasteiger partial charge >= 0.3 is 5.97 Å². The monoisotopic (exact) mass is 485 g/mol. The number of carboxylic acid groups (broad SMARTS) is 1. The number of fused-ring (bicyclic) bond motifs is 1. The second-order valence-corrected chi connectivity index (χ2v) is 9.78. The molecule has 3 aromatic rings. The van der Waals surface area contributed by atoms with Gasteiger partial charge in [0.25, 0.3) is 5.22 Å². The average Bonchev–Trinajstić information content (AvgIpc) is 3.36. The highest BCUT2D eigenvalue weighted by Crippen LogP contribution is 2.35. The number of rotatable bonds is 11. The quantitative estimate of drug-likeness (QED) is 0.385. The smallest absolute Gasteiger partial charge is 0.303 e. The number of pyridine rings is 1. The molecule has 0 radical (unpaired) electrons. The Hall–Kier alpha value is -2.62. The highest BCUT2D eigenvalue weighted by molar-refractivity contribution is 7.99. The van der Waals surface area contributed by atoms with E-state index in [0.717, 1.165) is 60.4 Å². The number of aliphatic carboxylic acids is 1. The third kappa shape index (κ3) is 6.28. The summed E-state index contributed by atoms with van der Waals surface area (Å²) in [6.07, 6.45) is 6.72. The minimum absolute atomic E-state index is 0.0689. The number of methoxy groups -OCH3 is 1. The van der Waals surface area contributed by atoms with Crippen LogP contribution in [-0.4, -0.2) is 63.5 Å². The van der Waals surface area contributed by atoms with Crippen molar-refractivity contribution in [3.8, 4) is 5.75 Å². The molecule has 0 amide bonds. The van der Waals surface area contributed by atoms with Crippen LogP contribution in [0.1, 0.15) is 37.4 Å². The van der Waals surface area contributed by atoms with E-state index < -0.39 is 12.1 Å². The van der Waals surface area contributed by atoms with Crippen molar-refractivity contribution in [3.63, 3.8) is 0 Å². The lowest BCUT2D eigenvalue weighted by atomic mass is 9.79. The number of oxazole rings is 1. The lowest BCUT2D eigenvalue weighted by Crippen LogP contribution is -2.42. The van der Waals surface area contributed by atoms with E-state index in [-0.39, 0.29) is 18.3 Å². The van der Waals surface area contributed by atoms with Crippen molar-refractivity contribution in [2.75, 3.05) is 32.5 Å². The Balaban J connectivity index is 1.35. The highest BCUT2D eigenvalue weighted by Gasteiger charge is 2.31. The molecular weight excluding hydrogens is 454 g/mol. The molecule has 1 unspecified atom stereocenters. The number of aliphatic hydroxyl groups is 1. The van der Waals surface area contributed by atoms with Gasteiger partial charge in [-0.3, -0.25) is 9.78 Å². The summed E-state index contributed by atoms with van der Waals surface area (Å²) in [7, 11) is 1.62. The fourth-order valence-corrected chi connectivity index (χ4v) is 5.61. The maximum atomic E-state index is 11.5. The zero-order valence-corrected chi connectivity index (χ0v) is 20.1. The molecule has 0 saturated carbocycles. The largest absolute Gasteiger partial charge is 0.497 e. The van der Waals surface area contributed by atoms with Crippen molar-refractivity contribution in [1.82, 2.24) is 14.9 Å². The van der Waals surface area contributed by atoms with Crippen LogP contribution in [0.25, 0.3) is 10.9 Å². The molecule has 1 aliphatic heterocycles.